The lowest BCUT2D eigenvalue weighted by molar-refractivity contribution is 0.957. The van der Waals surface area contributed by atoms with E-state index in [1.807, 2.05) is 0 Å². The fourth-order valence-electron chi connectivity index (χ4n) is 2.03. The normalized spacial score (nSPS) is 10.8. The van der Waals surface area contributed by atoms with Crippen LogP contribution in [0.1, 0.15) is 40.0 Å². The zero-order valence-electron chi connectivity index (χ0n) is 7.95. The van der Waals surface area contributed by atoms with Gasteiger partial charge in [-0.25, -0.2) is 0 Å². The fraction of sp³-hybridized carbons (Fsp3) is 1.00. The Kier molecular flexibility index (Phi) is 7.22. The van der Waals surface area contributed by atoms with Crippen LogP contribution in [0.3, 0.4) is 0 Å². The first kappa shape index (κ1) is 10.1. The van der Waals surface area contributed by atoms with Gasteiger partial charge in [-0.2, -0.15) is 19.0 Å². The van der Waals surface area contributed by atoms with E-state index < -0.39 is 0 Å². The molecule has 0 aliphatic rings. The van der Waals surface area contributed by atoms with Gasteiger partial charge in [-0.1, -0.05) is 40.0 Å². The Bertz CT molecular complexity index is 47.5. The van der Waals surface area contributed by atoms with Crippen LogP contribution in [-0.4, -0.2) is 6.71 Å². The van der Waals surface area contributed by atoms with E-state index in [2.05, 4.69) is 20.8 Å². The van der Waals surface area contributed by atoms with Crippen molar-refractivity contribution in [1.29, 1.82) is 0 Å². The molecular weight excluding hydrogens is 119 g/mol. The van der Waals surface area contributed by atoms with Gasteiger partial charge in [0.1, 0.15) is 0 Å². The molecule has 0 N–H and O–H groups in total. The quantitative estimate of drug-likeness (QED) is 0.497. The third-order valence-corrected chi connectivity index (χ3v) is 2.56. The third-order valence-electron chi connectivity index (χ3n) is 2.56. The summed E-state index contributed by atoms with van der Waals surface area (Å²) in [5.41, 5.74) is 0. The van der Waals surface area contributed by atoms with Gasteiger partial charge in [0.25, 0.3) is 0 Å². The van der Waals surface area contributed by atoms with Gasteiger partial charge in [0.05, 0.1) is 0 Å². The van der Waals surface area contributed by atoms with Crippen LogP contribution < -0.4 is 0 Å². The number of rotatable bonds is 6. The molecule has 0 spiro atoms. The molecule has 0 amide bonds. The van der Waals surface area contributed by atoms with E-state index in [0.29, 0.717) is 0 Å². The summed E-state index contributed by atoms with van der Waals surface area (Å²) in [6, 6.07) is 0. The molecule has 0 radical (unpaired) electrons. The molecule has 10 heavy (non-hydrogen) atoms. The molecule has 0 heterocycles. The Morgan fingerprint density at radius 2 is 1.00 bits per heavy atom. The van der Waals surface area contributed by atoms with E-state index in [4.69, 9.17) is 0 Å². The van der Waals surface area contributed by atoms with Crippen LogP contribution in [0, 0.1) is 0 Å². The standard InChI is InChI=1S/C9H22B/c1-4-7-10(8-5-2)9-6-3/h10H,4-9H2,1-3H3/q-1. The maximum atomic E-state index is 2.31. The predicted octanol–water partition coefficient (Wildman–Crippen LogP) is 3.44. The highest BCUT2D eigenvalue weighted by Gasteiger charge is 1.97. The minimum atomic E-state index is 0.271. The summed E-state index contributed by atoms with van der Waals surface area (Å²) in [6.45, 7) is 7.20. The molecule has 0 aromatic rings. The molecule has 1 heteroatoms. The van der Waals surface area contributed by atoms with Crippen molar-refractivity contribution < 1.29 is 0 Å². The maximum absolute atomic E-state index is 2.31. The lowest BCUT2D eigenvalue weighted by Crippen LogP contribution is -2.09. The first-order chi connectivity index (χ1) is 4.85. The lowest BCUT2D eigenvalue weighted by Gasteiger charge is -2.18. The second kappa shape index (κ2) is 7.18. The van der Waals surface area contributed by atoms with Crippen molar-refractivity contribution in [2.24, 2.45) is 0 Å². The smallest absolute Gasteiger partial charge is 0.0161 e. The summed E-state index contributed by atoms with van der Waals surface area (Å²) in [4.78, 5) is 0. The highest BCUT2D eigenvalue weighted by atomic mass is 13.8. The minimum Gasteiger partial charge on any atom is -0.181 e. The summed E-state index contributed by atoms with van der Waals surface area (Å²) < 4.78 is 0. The molecule has 0 nitrogen and oxygen atoms in total. The van der Waals surface area contributed by atoms with Crippen molar-refractivity contribution in [2.75, 3.05) is 0 Å². The molecular formula is C9H22B-. The van der Waals surface area contributed by atoms with Gasteiger partial charge < -0.3 is 0 Å². The van der Waals surface area contributed by atoms with Gasteiger partial charge >= 0.3 is 0 Å². The minimum absolute atomic E-state index is 0.271. The SMILES string of the molecule is CCC[BH-](CCC)CCC. The summed E-state index contributed by atoms with van der Waals surface area (Å²) >= 11 is 0. The molecule has 0 unspecified atom stereocenters. The Balaban J connectivity index is 3.30. The van der Waals surface area contributed by atoms with E-state index >= 15 is 0 Å². The molecule has 0 aliphatic heterocycles. The first-order valence-corrected chi connectivity index (χ1v) is 5.12. The zero-order valence-corrected chi connectivity index (χ0v) is 7.95. The highest BCUT2D eigenvalue weighted by molar-refractivity contribution is 6.58. The first-order valence-electron chi connectivity index (χ1n) is 5.12. The van der Waals surface area contributed by atoms with Crippen molar-refractivity contribution in [3.63, 3.8) is 0 Å². The van der Waals surface area contributed by atoms with Gasteiger partial charge in [-0.15, -0.1) is 0 Å². The van der Waals surface area contributed by atoms with Crippen molar-refractivity contribution in [3.05, 3.63) is 0 Å². The topological polar surface area (TPSA) is 0 Å². The van der Waals surface area contributed by atoms with Crippen LogP contribution in [0.4, 0.5) is 0 Å². The van der Waals surface area contributed by atoms with Crippen molar-refractivity contribution >= 4 is 6.71 Å². The summed E-state index contributed by atoms with van der Waals surface area (Å²) in [5.74, 6) is 0. The van der Waals surface area contributed by atoms with Gasteiger partial charge in [0.15, 0.2) is 0 Å². The molecule has 0 bridgehead atoms. The van der Waals surface area contributed by atoms with Crippen LogP contribution in [0.15, 0.2) is 0 Å². The van der Waals surface area contributed by atoms with Crippen molar-refractivity contribution in [2.45, 2.75) is 59.0 Å². The lowest BCUT2D eigenvalue weighted by atomic mass is 9.41. The number of hydrogen-bond donors (Lipinski definition) is 0. The third kappa shape index (κ3) is 4.90. The molecule has 0 aliphatic carbocycles. The van der Waals surface area contributed by atoms with Crippen LogP contribution in [0.2, 0.25) is 19.0 Å². The average Bonchev–Trinajstić information content (AvgIpc) is 1.90. The van der Waals surface area contributed by atoms with E-state index in [9.17, 15) is 0 Å². The Morgan fingerprint density at radius 1 is 0.700 bits per heavy atom. The summed E-state index contributed by atoms with van der Waals surface area (Å²) in [5, 5.41) is 0. The molecule has 0 saturated carbocycles. The molecule has 0 fully saturated rings. The molecule has 0 aromatic heterocycles. The number of hydrogen-bond acceptors (Lipinski definition) is 0. The monoisotopic (exact) mass is 141 g/mol. The summed E-state index contributed by atoms with van der Waals surface area (Å²) in [6.07, 6.45) is 8.80. The van der Waals surface area contributed by atoms with Crippen LogP contribution in [-0.2, 0) is 0 Å². The van der Waals surface area contributed by atoms with Gasteiger partial charge in [-0.05, 0) is 6.71 Å². The van der Waals surface area contributed by atoms with E-state index in [1.165, 1.54) is 38.2 Å². The van der Waals surface area contributed by atoms with Gasteiger partial charge in [0.2, 0.25) is 0 Å². The fourth-order valence-corrected chi connectivity index (χ4v) is 2.03. The largest absolute Gasteiger partial charge is 0.181 e. The Morgan fingerprint density at radius 3 is 1.20 bits per heavy atom. The van der Waals surface area contributed by atoms with Crippen LogP contribution >= 0.6 is 0 Å². The van der Waals surface area contributed by atoms with E-state index in [1.54, 1.807) is 0 Å². The molecule has 0 atom stereocenters. The molecule has 0 rings (SSSR count). The maximum Gasteiger partial charge on any atom is -0.0161 e. The molecule has 0 aromatic carbocycles. The van der Waals surface area contributed by atoms with Gasteiger partial charge in [0, 0.05) is 0 Å². The average molecular weight is 141 g/mol. The van der Waals surface area contributed by atoms with Crippen LogP contribution in [0.5, 0.6) is 0 Å². The van der Waals surface area contributed by atoms with Crippen LogP contribution in [0.25, 0.3) is 0 Å². The molecule has 62 valence electrons. The summed E-state index contributed by atoms with van der Waals surface area (Å²) in [7, 11) is 0. The van der Waals surface area contributed by atoms with E-state index in [0.717, 1.165) is 0 Å². The molecule has 0 saturated heterocycles. The predicted molar refractivity (Wildman–Crippen MR) is 52.4 cm³/mol. The zero-order chi connectivity index (χ0) is 7.82. The van der Waals surface area contributed by atoms with Gasteiger partial charge in [-0.3, -0.25) is 0 Å². The van der Waals surface area contributed by atoms with E-state index in [-0.39, 0.29) is 6.71 Å². The second-order valence-electron chi connectivity index (χ2n) is 3.62. The van der Waals surface area contributed by atoms with Crippen molar-refractivity contribution in [3.8, 4) is 0 Å². The highest BCUT2D eigenvalue weighted by Crippen LogP contribution is 2.11. The second-order valence-corrected chi connectivity index (χ2v) is 3.62. The Labute approximate surface area is 66.5 Å². The Hall–Kier alpha value is 0.0649. The van der Waals surface area contributed by atoms with Crippen molar-refractivity contribution in [1.82, 2.24) is 0 Å².